The predicted octanol–water partition coefficient (Wildman–Crippen LogP) is 2.61. The number of nitrogens with one attached hydrogen (secondary N) is 2. The molecule has 0 saturated heterocycles. The maximum Gasteiger partial charge on any atom is 0.254 e. The van der Waals surface area contributed by atoms with Crippen LogP contribution in [-0.4, -0.2) is 24.9 Å². The maximum absolute atomic E-state index is 13.4. The number of aryl methyl sites for hydroxylation is 2. The van der Waals surface area contributed by atoms with Crippen molar-refractivity contribution in [3.63, 3.8) is 0 Å². The summed E-state index contributed by atoms with van der Waals surface area (Å²) < 4.78 is 13.4. The highest BCUT2D eigenvalue weighted by molar-refractivity contribution is 5.94. The van der Waals surface area contributed by atoms with Crippen molar-refractivity contribution in [3.8, 4) is 0 Å². The van der Waals surface area contributed by atoms with Crippen LogP contribution in [0.1, 0.15) is 27.9 Å². The number of amides is 2. The minimum atomic E-state index is -0.558. The zero-order valence-electron chi connectivity index (χ0n) is 13.6. The van der Waals surface area contributed by atoms with Crippen LogP contribution in [0.5, 0.6) is 0 Å². The van der Waals surface area contributed by atoms with E-state index in [1.54, 1.807) is 6.07 Å². The molecular weight excluding hydrogens is 307 g/mol. The second kappa shape index (κ2) is 8.82. The summed E-state index contributed by atoms with van der Waals surface area (Å²) in [5.41, 5.74) is 2.31. The van der Waals surface area contributed by atoms with Gasteiger partial charge in [0.05, 0.1) is 5.56 Å². The lowest BCUT2D eigenvalue weighted by molar-refractivity contribution is -0.121. The lowest BCUT2D eigenvalue weighted by Gasteiger charge is -2.08. The first-order valence-corrected chi connectivity index (χ1v) is 7.91. The Balaban J connectivity index is 1.65. The lowest BCUT2D eigenvalue weighted by atomic mass is 10.1. The average molecular weight is 328 g/mol. The van der Waals surface area contributed by atoms with Gasteiger partial charge in [0.2, 0.25) is 5.91 Å². The molecule has 2 aromatic carbocycles. The fraction of sp³-hybridized carbons (Fsp3) is 0.263. The molecule has 2 N–H and O–H groups in total. The molecule has 0 saturated carbocycles. The number of benzene rings is 2. The molecule has 0 aliphatic rings. The molecule has 2 amide bonds. The number of carbonyl (C=O) groups excluding carboxylic acids is 2. The van der Waals surface area contributed by atoms with Gasteiger partial charge in [-0.15, -0.1) is 0 Å². The van der Waals surface area contributed by atoms with E-state index in [1.165, 1.54) is 23.8 Å². The molecule has 0 aliphatic carbocycles. The van der Waals surface area contributed by atoms with E-state index in [0.29, 0.717) is 19.4 Å². The van der Waals surface area contributed by atoms with Crippen LogP contribution >= 0.6 is 0 Å². The van der Waals surface area contributed by atoms with Gasteiger partial charge in [-0.25, -0.2) is 4.39 Å². The quantitative estimate of drug-likeness (QED) is 0.768. The highest BCUT2D eigenvalue weighted by Crippen LogP contribution is 2.06. The second-order valence-corrected chi connectivity index (χ2v) is 5.57. The van der Waals surface area contributed by atoms with Crippen LogP contribution in [0.15, 0.2) is 48.5 Å². The van der Waals surface area contributed by atoms with Crippen molar-refractivity contribution in [1.29, 1.82) is 0 Å². The van der Waals surface area contributed by atoms with E-state index in [9.17, 15) is 14.0 Å². The van der Waals surface area contributed by atoms with E-state index >= 15 is 0 Å². The van der Waals surface area contributed by atoms with Crippen molar-refractivity contribution in [3.05, 3.63) is 71.0 Å². The van der Waals surface area contributed by atoms with Crippen LogP contribution in [0.3, 0.4) is 0 Å². The fourth-order valence-corrected chi connectivity index (χ4v) is 2.22. The Morgan fingerprint density at radius 1 is 0.958 bits per heavy atom. The van der Waals surface area contributed by atoms with Crippen molar-refractivity contribution in [1.82, 2.24) is 10.6 Å². The van der Waals surface area contributed by atoms with E-state index in [2.05, 4.69) is 10.6 Å². The van der Waals surface area contributed by atoms with Gasteiger partial charge in [-0.2, -0.15) is 0 Å². The van der Waals surface area contributed by atoms with Gasteiger partial charge in [-0.05, 0) is 31.0 Å². The third-order valence-electron chi connectivity index (χ3n) is 3.61. The minimum Gasteiger partial charge on any atom is -0.354 e. The molecule has 2 rings (SSSR count). The third kappa shape index (κ3) is 5.50. The number of halogens is 1. The standard InChI is InChI=1S/C19H21FN2O2/c1-14-6-8-15(9-7-14)10-11-18(23)21-12-13-22-19(24)16-4-2-3-5-17(16)20/h2-9H,10-13H2,1H3,(H,21,23)(H,22,24). The molecule has 0 atom stereocenters. The van der Waals surface area contributed by atoms with Crippen LogP contribution in [0, 0.1) is 12.7 Å². The van der Waals surface area contributed by atoms with Gasteiger partial charge >= 0.3 is 0 Å². The van der Waals surface area contributed by atoms with Gasteiger partial charge in [0.25, 0.3) is 5.91 Å². The summed E-state index contributed by atoms with van der Waals surface area (Å²) in [7, 11) is 0. The number of carbonyl (C=O) groups is 2. The molecule has 5 heteroatoms. The number of rotatable bonds is 7. The molecule has 0 heterocycles. The van der Waals surface area contributed by atoms with Gasteiger partial charge in [-0.1, -0.05) is 42.0 Å². The van der Waals surface area contributed by atoms with E-state index in [-0.39, 0.29) is 18.0 Å². The molecule has 0 radical (unpaired) electrons. The minimum absolute atomic E-state index is 0.00296. The van der Waals surface area contributed by atoms with Crippen LogP contribution in [0.4, 0.5) is 4.39 Å². The molecule has 4 nitrogen and oxygen atoms in total. The van der Waals surface area contributed by atoms with Gasteiger partial charge in [0.1, 0.15) is 5.82 Å². The van der Waals surface area contributed by atoms with Crippen molar-refractivity contribution in [2.45, 2.75) is 19.8 Å². The summed E-state index contributed by atoms with van der Waals surface area (Å²) in [6.07, 6.45) is 1.07. The van der Waals surface area contributed by atoms with Crippen molar-refractivity contribution in [2.75, 3.05) is 13.1 Å². The summed E-state index contributed by atoms with van der Waals surface area (Å²) in [4.78, 5) is 23.6. The Bertz CT molecular complexity index is 699. The fourth-order valence-electron chi connectivity index (χ4n) is 2.22. The zero-order chi connectivity index (χ0) is 17.4. The zero-order valence-corrected chi connectivity index (χ0v) is 13.6. The topological polar surface area (TPSA) is 58.2 Å². The van der Waals surface area contributed by atoms with Gasteiger partial charge in [0.15, 0.2) is 0 Å². The van der Waals surface area contributed by atoms with Crippen molar-refractivity contribution >= 4 is 11.8 Å². The first-order valence-electron chi connectivity index (χ1n) is 7.91. The SMILES string of the molecule is Cc1ccc(CCC(=O)NCCNC(=O)c2ccccc2F)cc1. The van der Waals surface area contributed by atoms with Crippen molar-refractivity contribution < 1.29 is 14.0 Å². The lowest BCUT2D eigenvalue weighted by Crippen LogP contribution is -2.35. The highest BCUT2D eigenvalue weighted by atomic mass is 19.1. The van der Waals surface area contributed by atoms with E-state index in [0.717, 1.165) is 5.56 Å². The van der Waals surface area contributed by atoms with Gasteiger partial charge < -0.3 is 10.6 Å². The summed E-state index contributed by atoms with van der Waals surface area (Å²) >= 11 is 0. The van der Waals surface area contributed by atoms with Crippen LogP contribution in [0.25, 0.3) is 0 Å². The second-order valence-electron chi connectivity index (χ2n) is 5.57. The molecule has 126 valence electrons. The Morgan fingerprint density at radius 2 is 1.62 bits per heavy atom. The molecule has 0 spiro atoms. The Morgan fingerprint density at radius 3 is 2.33 bits per heavy atom. The molecule has 0 aromatic heterocycles. The van der Waals surface area contributed by atoms with Crippen molar-refractivity contribution in [2.24, 2.45) is 0 Å². The summed E-state index contributed by atoms with van der Waals surface area (Å²) in [6.45, 7) is 2.59. The van der Waals surface area contributed by atoms with Gasteiger partial charge in [0, 0.05) is 19.5 Å². The molecule has 0 unspecified atom stereocenters. The molecule has 0 fully saturated rings. The summed E-state index contributed by atoms with van der Waals surface area (Å²) in [5.74, 6) is -1.12. The number of hydrogen-bond acceptors (Lipinski definition) is 2. The average Bonchev–Trinajstić information content (AvgIpc) is 2.58. The molecule has 24 heavy (non-hydrogen) atoms. The van der Waals surface area contributed by atoms with Crippen LogP contribution in [-0.2, 0) is 11.2 Å². The molecular formula is C19H21FN2O2. The first-order chi connectivity index (χ1) is 11.6. The third-order valence-corrected chi connectivity index (χ3v) is 3.61. The smallest absolute Gasteiger partial charge is 0.254 e. The Labute approximate surface area is 141 Å². The Kier molecular flexibility index (Phi) is 6.49. The molecule has 0 aliphatic heterocycles. The largest absolute Gasteiger partial charge is 0.354 e. The normalized spacial score (nSPS) is 10.2. The van der Waals surface area contributed by atoms with E-state index in [4.69, 9.17) is 0 Å². The van der Waals surface area contributed by atoms with E-state index in [1.807, 2.05) is 31.2 Å². The first kappa shape index (κ1) is 17.7. The van der Waals surface area contributed by atoms with Crippen LogP contribution < -0.4 is 10.6 Å². The maximum atomic E-state index is 13.4. The molecule has 2 aromatic rings. The predicted molar refractivity (Wildman–Crippen MR) is 91.2 cm³/mol. The number of hydrogen-bond donors (Lipinski definition) is 2. The Hall–Kier alpha value is -2.69. The molecule has 0 bridgehead atoms. The summed E-state index contributed by atoms with van der Waals surface area (Å²) in [6, 6.07) is 13.9. The van der Waals surface area contributed by atoms with Gasteiger partial charge in [-0.3, -0.25) is 9.59 Å². The van der Waals surface area contributed by atoms with E-state index < -0.39 is 11.7 Å². The summed E-state index contributed by atoms with van der Waals surface area (Å²) in [5, 5.41) is 5.32. The van der Waals surface area contributed by atoms with Crippen LogP contribution in [0.2, 0.25) is 0 Å². The highest BCUT2D eigenvalue weighted by Gasteiger charge is 2.09. The monoisotopic (exact) mass is 328 g/mol.